The van der Waals surface area contributed by atoms with Crippen LogP contribution in [0.3, 0.4) is 0 Å². The third kappa shape index (κ3) is 3.58. The molecule has 0 saturated carbocycles. The highest BCUT2D eigenvalue weighted by Crippen LogP contribution is 2.27. The van der Waals surface area contributed by atoms with E-state index in [4.69, 9.17) is 4.74 Å². The number of thiophene rings is 1. The molecule has 1 aromatic heterocycles. The Hall–Kier alpha value is -1.33. The number of aryl methyl sites for hydroxylation is 1. The summed E-state index contributed by atoms with van der Waals surface area (Å²) in [5.74, 6) is -0.287. The Bertz CT molecular complexity index is 565. The van der Waals surface area contributed by atoms with Crippen molar-refractivity contribution in [3.05, 3.63) is 50.6 Å². The first-order chi connectivity index (χ1) is 9.10. The Kier molecular flexibility index (Phi) is 4.61. The van der Waals surface area contributed by atoms with Gasteiger partial charge in [0.05, 0.1) is 7.11 Å². The van der Waals surface area contributed by atoms with Crippen LogP contribution in [0.5, 0.6) is 0 Å². The van der Waals surface area contributed by atoms with Crippen LogP contribution in [-0.4, -0.2) is 13.1 Å². The number of benzene rings is 1. The molecule has 0 fully saturated rings. The number of esters is 1. The van der Waals surface area contributed by atoms with Crippen molar-refractivity contribution >= 4 is 38.9 Å². The van der Waals surface area contributed by atoms with E-state index in [-0.39, 0.29) is 5.97 Å². The largest absolute Gasteiger partial charge is 0.467 e. The monoisotopic (exact) mass is 339 g/mol. The van der Waals surface area contributed by atoms with E-state index in [9.17, 15) is 4.79 Å². The van der Waals surface area contributed by atoms with E-state index in [0.29, 0.717) is 0 Å². The van der Waals surface area contributed by atoms with Crippen molar-refractivity contribution in [2.45, 2.75) is 13.0 Å². The van der Waals surface area contributed by atoms with E-state index in [2.05, 4.69) is 21.2 Å². The molecule has 1 N–H and O–H groups in total. The van der Waals surface area contributed by atoms with Crippen LogP contribution >= 0.6 is 27.3 Å². The molecular formula is C14H14BrNO2S. The molecule has 0 aliphatic heterocycles. The molecule has 0 aliphatic rings. The molecule has 0 spiro atoms. The number of hydrogen-bond acceptors (Lipinski definition) is 4. The molecule has 1 atom stereocenters. The lowest BCUT2D eigenvalue weighted by molar-refractivity contribution is -0.141. The maximum Gasteiger partial charge on any atom is 0.333 e. The van der Waals surface area contributed by atoms with Gasteiger partial charge in [-0.1, -0.05) is 15.9 Å². The van der Waals surface area contributed by atoms with Gasteiger partial charge in [-0.05, 0) is 43.3 Å². The second-order valence-electron chi connectivity index (χ2n) is 4.06. The zero-order chi connectivity index (χ0) is 13.8. The Labute approximate surface area is 124 Å². The number of nitrogens with one attached hydrogen (secondary N) is 1. The van der Waals surface area contributed by atoms with E-state index < -0.39 is 6.04 Å². The van der Waals surface area contributed by atoms with E-state index in [1.807, 2.05) is 43.3 Å². The summed E-state index contributed by atoms with van der Waals surface area (Å²) in [4.78, 5) is 14.0. The zero-order valence-electron chi connectivity index (χ0n) is 10.6. The predicted octanol–water partition coefficient (Wildman–Crippen LogP) is 4.15. The average Bonchev–Trinajstić information content (AvgIpc) is 2.83. The molecule has 100 valence electrons. The van der Waals surface area contributed by atoms with E-state index in [1.165, 1.54) is 12.0 Å². The maximum absolute atomic E-state index is 11.9. The molecule has 2 aromatic rings. The fourth-order valence-corrected chi connectivity index (χ4v) is 2.87. The average molecular weight is 340 g/mol. The van der Waals surface area contributed by atoms with Crippen molar-refractivity contribution < 1.29 is 9.53 Å². The molecule has 19 heavy (non-hydrogen) atoms. The van der Waals surface area contributed by atoms with Gasteiger partial charge in [-0.15, -0.1) is 11.3 Å². The van der Waals surface area contributed by atoms with Crippen LogP contribution in [0.15, 0.2) is 40.9 Å². The van der Waals surface area contributed by atoms with Crippen molar-refractivity contribution in [2.75, 3.05) is 12.4 Å². The Balaban J connectivity index is 2.23. The van der Waals surface area contributed by atoms with Gasteiger partial charge in [0.2, 0.25) is 0 Å². The Morgan fingerprint density at radius 3 is 2.47 bits per heavy atom. The molecule has 0 radical (unpaired) electrons. The first-order valence-electron chi connectivity index (χ1n) is 5.76. The number of carbonyl (C=O) groups is 1. The van der Waals surface area contributed by atoms with Gasteiger partial charge in [0.15, 0.2) is 6.04 Å². The quantitative estimate of drug-likeness (QED) is 0.850. The van der Waals surface area contributed by atoms with Crippen LogP contribution in [0.2, 0.25) is 0 Å². The number of ether oxygens (including phenoxy) is 1. The molecule has 0 bridgehead atoms. The van der Waals surface area contributed by atoms with Gasteiger partial charge in [-0.3, -0.25) is 0 Å². The topological polar surface area (TPSA) is 38.3 Å². The lowest BCUT2D eigenvalue weighted by Gasteiger charge is -2.16. The first kappa shape index (κ1) is 14.1. The van der Waals surface area contributed by atoms with Crippen molar-refractivity contribution in [1.82, 2.24) is 0 Å². The summed E-state index contributed by atoms with van der Waals surface area (Å²) < 4.78 is 5.87. The van der Waals surface area contributed by atoms with Gasteiger partial charge >= 0.3 is 5.97 Å². The van der Waals surface area contributed by atoms with Crippen molar-refractivity contribution in [1.29, 1.82) is 0 Å². The Morgan fingerprint density at radius 2 is 1.95 bits per heavy atom. The Morgan fingerprint density at radius 1 is 1.26 bits per heavy atom. The molecule has 3 nitrogen and oxygen atoms in total. The van der Waals surface area contributed by atoms with E-state index in [0.717, 1.165) is 15.0 Å². The molecule has 2 rings (SSSR count). The number of anilines is 1. The molecule has 1 heterocycles. The van der Waals surface area contributed by atoms with Crippen LogP contribution in [0.1, 0.15) is 15.8 Å². The van der Waals surface area contributed by atoms with Crippen molar-refractivity contribution in [3.63, 3.8) is 0 Å². The maximum atomic E-state index is 11.9. The number of carbonyl (C=O) groups excluding carboxylic acids is 1. The number of hydrogen-bond donors (Lipinski definition) is 1. The predicted molar refractivity (Wildman–Crippen MR) is 81.6 cm³/mol. The lowest BCUT2D eigenvalue weighted by atomic mass is 10.2. The SMILES string of the molecule is COC(=O)C(Nc1ccc(Br)cc1)c1ccc(C)s1. The number of halogens is 1. The summed E-state index contributed by atoms with van der Waals surface area (Å²) in [6, 6.07) is 11.2. The van der Waals surface area contributed by atoms with Crippen LogP contribution < -0.4 is 5.32 Å². The van der Waals surface area contributed by atoms with E-state index >= 15 is 0 Å². The summed E-state index contributed by atoms with van der Waals surface area (Å²) >= 11 is 4.97. The number of methoxy groups -OCH3 is 1. The summed E-state index contributed by atoms with van der Waals surface area (Å²) in [5.41, 5.74) is 0.879. The summed E-state index contributed by atoms with van der Waals surface area (Å²) in [5, 5.41) is 3.20. The van der Waals surface area contributed by atoms with Crippen LogP contribution in [0.4, 0.5) is 5.69 Å². The summed E-state index contributed by atoms with van der Waals surface area (Å²) in [6.07, 6.45) is 0. The third-order valence-electron chi connectivity index (χ3n) is 2.64. The molecule has 1 unspecified atom stereocenters. The highest BCUT2D eigenvalue weighted by molar-refractivity contribution is 9.10. The summed E-state index contributed by atoms with van der Waals surface area (Å²) in [6.45, 7) is 2.02. The molecule has 0 saturated heterocycles. The van der Waals surface area contributed by atoms with Crippen molar-refractivity contribution in [2.24, 2.45) is 0 Å². The third-order valence-corrected chi connectivity index (χ3v) is 4.23. The molecule has 1 aromatic carbocycles. The van der Waals surface area contributed by atoms with Gasteiger partial charge < -0.3 is 10.1 Å². The van der Waals surface area contributed by atoms with Gasteiger partial charge in [0.25, 0.3) is 0 Å². The molecule has 0 aliphatic carbocycles. The van der Waals surface area contributed by atoms with Crippen LogP contribution in [0.25, 0.3) is 0 Å². The minimum Gasteiger partial charge on any atom is -0.467 e. The van der Waals surface area contributed by atoms with Gasteiger partial charge in [-0.25, -0.2) is 4.79 Å². The second kappa shape index (κ2) is 6.21. The van der Waals surface area contributed by atoms with Crippen LogP contribution in [-0.2, 0) is 9.53 Å². The highest BCUT2D eigenvalue weighted by Gasteiger charge is 2.22. The van der Waals surface area contributed by atoms with Crippen molar-refractivity contribution in [3.8, 4) is 0 Å². The van der Waals surface area contributed by atoms with Gasteiger partial charge in [-0.2, -0.15) is 0 Å². The summed E-state index contributed by atoms with van der Waals surface area (Å²) in [7, 11) is 1.40. The molecular weight excluding hydrogens is 326 g/mol. The minimum absolute atomic E-state index is 0.287. The highest BCUT2D eigenvalue weighted by atomic mass is 79.9. The number of rotatable bonds is 4. The normalized spacial score (nSPS) is 11.9. The standard InChI is InChI=1S/C14H14BrNO2S/c1-9-3-8-12(19-9)13(14(17)18-2)16-11-6-4-10(15)5-7-11/h3-8,13,16H,1-2H3. The fraction of sp³-hybridized carbons (Fsp3) is 0.214. The molecule has 0 amide bonds. The van der Waals surface area contributed by atoms with Gasteiger partial charge in [0, 0.05) is 19.9 Å². The van der Waals surface area contributed by atoms with Gasteiger partial charge in [0.1, 0.15) is 0 Å². The first-order valence-corrected chi connectivity index (χ1v) is 7.37. The van der Waals surface area contributed by atoms with E-state index in [1.54, 1.807) is 11.3 Å². The fourth-order valence-electron chi connectivity index (χ4n) is 1.69. The lowest BCUT2D eigenvalue weighted by Crippen LogP contribution is -2.21. The minimum atomic E-state index is -0.468. The smallest absolute Gasteiger partial charge is 0.333 e. The van der Waals surface area contributed by atoms with Crippen LogP contribution in [0, 0.1) is 6.92 Å². The molecule has 5 heteroatoms. The second-order valence-corrected chi connectivity index (χ2v) is 6.29. The zero-order valence-corrected chi connectivity index (χ0v) is 13.0.